The number of nitrogens with one attached hydrogen (secondary N) is 3. The van der Waals surface area contributed by atoms with Crippen molar-refractivity contribution in [1.29, 1.82) is 0 Å². The highest BCUT2D eigenvalue weighted by Crippen LogP contribution is 2.19. The van der Waals surface area contributed by atoms with Crippen LogP contribution in [0.25, 0.3) is 5.65 Å². The molecule has 22 heavy (non-hydrogen) atoms. The van der Waals surface area contributed by atoms with Gasteiger partial charge in [0.25, 0.3) is 0 Å². The predicted octanol–water partition coefficient (Wildman–Crippen LogP) is -0.0444. The molecule has 1 aliphatic rings. The van der Waals surface area contributed by atoms with Crippen molar-refractivity contribution in [2.45, 2.75) is 19.0 Å². The summed E-state index contributed by atoms with van der Waals surface area (Å²) in [5.74, 6) is 0.586. The molecule has 8 nitrogen and oxygen atoms in total. The van der Waals surface area contributed by atoms with Gasteiger partial charge in [-0.3, -0.25) is 9.20 Å². The highest BCUT2D eigenvalue weighted by atomic mass is 16.2. The van der Waals surface area contributed by atoms with Crippen molar-refractivity contribution in [3.63, 3.8) is 0 Å². The Bertz CT molecular complexity index is 821. The molecule has 8 heteroatoms. The number of imidazole rings is 1. The summed E-state index contributed by atoms with van der Waals surface area (Å²) in [6, 6.07) is 5.25. The molecule has 0 saturated carbocycles. The topological polar surface area (TPSA) is 100 Å². The number of aromatic nitrogens is 5. The van der Waals surface area contributed by atoms with Crippen molar-refractivity contribution in [2.24, 2.45) is 0 Å². The molecule has 4 heterocycles. The first kappa shape index (κ1) is 13.0. The van der Waals surface area contributed by atoms with Gasteiger partial charge >= 0.3 is 0 Å². The van der Waals surface area contributed by atoms with Crippen LogP contribution in [0.3, 0.4) is 0 Å². The van der Waals surface area contributed by atoms with Gasteiger partial charge in [0.15, 0.2) is 11.5 Å². The zero-order valence-corrected chi connectivity index (χ0v) is 11.8. The minimum atomic E-state index is -0.422. The fourth-order valence-electron chi connectivity index (χ4n) is 2.72. The van der Waals surface area contributed by atoms with Crippen LogP contribution in [-0.2, 0) is 17.8 Å². The molecule has 0 unspecified atom stereocenters. The molecule has 4 rings (SSSR count). The van der Waals surface area contributed by atoms with Gasteiger partial charge in [-0.25, -0.2) is 4.98 Å². The molecule has 1 aliphatic heterocycles. The van der Waals surface area contributed by atoms with Gasteiger partial charge in [0.2, 0.25) is 5.91 Å². The number of hydrogen-bond acceptors (Lipinski definition) is 5. The van der Waals surface area contributed by atoms with E-state index in [0.717, 1.165) is 30.0 Å². The van der Waals surface area contributed by atoms with Crippen LogP contribution in [0.2, 0.25) is 0 Å². The van der Waals surface area contributed by atoms with Crippen LogP contribution in [0.1, 0.15) is 23.3 Å². The number of carbonyl (C=O) groups is 1. The summed E-state index contributed by atoms with van der Waals surface area (Å²) in [5, 5.41) is 14.3. The van der Waals surface area contributed by atoms with E-state index in [0.29, 0.717) is 12.4 Å². The van der Waals surface area contributed by atoms with Gasteiger partial charge in [-0.2, -0.15) is 0 Å². The van der Waals surface area contributed by atoms with Gasteiger partial charge in [-0.1, -0.05) is 6.07 Å². The normalized spacial score (nSPS) is 17.4. The molecule has 112 valence electrons. The lowest BCUT2D eigenvalue weighted by Crippen LogP contribution is -2.41. The molecule has 0 saturated heterocycles. The minimum Gasteiger partial charge on any atom is -0.348 e. The predicted molar refractivity (Wildman–Crippen MR) is 77.9 cm³/mol. The van der Waals surface area contributed by atoms with E-state index >= 15 is 0 Å². The van der Waals surface area contributed by atoms with Gasteiger partial charge in [-0.05, 0) is 12.1 Å². The van der Waals surface area contributed by atoms with Crippen molar-refractivity contribution < 1.29 is 4.79 Å². The Morgan fingerprint density at radius 1 is 1.41 bits per heavy atom. The molecule has 1 amide bonds. The summed E-state index contributed by atoms with van der Waals surface area (Å²) in [6.45, 7) is 1.07. The van der Waals surface area contributed by atoms with E-state index < -0.39 is 6.04 Å². The van der Waals surface area contributed by atoms with E-state index in [4.69, 9.17) is 0 Å². The minimum absolute atomic E-state index is 0.110. The maximum Gasteiger partial charge on any atom is 0.243 e. The zero-order valence-electron chi connectivity index (χ0n) is 11.8. The number of H-pyrrole nitrogens is 1. The quantitative estimate of drug-likeness (QED) is 0.629. The molecule has 0 aromatic carbocycles. The van der Waals surface area contributed by atoms with Gasteiger partial charge < -0.3 is 15.6 Å². The second-order valence-corrected chi connectivity index (χ2v) is 5.17. The summed E-state index contributed by atoms with van der Waals surface area (Å²) in [6.07, 6.45) is 4.36. The fourth-order valence-corrected chi connectivity index (χ4v) is 2.72. The zero-order chi connectivity index (χ0) is 14.9. The Hall–Kier alpha value is -2.74. The number of rotatable bonds is 3. The Balaban J connectivity index is 1.50. The van der Waals surface area contributed by atoms with Crippen LogP contribution in [0.5, 0.6) is 0 Å². The third kappa shape index (κ3) is 2.13. The summed E-state index contributed by atoms with van der Waals surface area (Å²) in [4.78, 5) is 19.7. The lowest BCUT2D eigenvalue weighted by molar-refractivity contribution is -0.123. The number of nitrogens with zero attached hydrogens (tertiary/aromatic N) is 4. The first-order valence-corrected chi connectivity index (χ1v) is 7.15. The van der Waals surface area contributed by atoms with Crippen molar-refractivity contribution >= 4 is 11.6 Å². The number of aromatic amines is 1. The van der Waals surface area contributed by atoms with E-state index in [1.54, 1.807) is 6.33 Å². The van der Waals surface area contributed by atoms with Gasteiger partial charge in [0.05, 0.1) is 18.6 Å². The number of hydrogen-bond donors (Lipinski definition) is 3. The number of pyridine rings is 1. The largest absolute Gasteiger partial charge is 0.348 e. The van der Waals surface area contributed by atoms with Crippen LogP contribution in [-0.4, -0.2) is 37.0 Å². The summed E-state index contributed by atoms with van der Waals surface area (Å²) in [5.41, 5.74) is 2.55. The maximum absolute atomic E-state index is 12.4. The smallest absolute Gasteiger partial charge is 0.243 e. The van der Waals surface area contributed by atoms with E-state index in [9.17, 15) is 4.79 Å². The lowest BCUT2D eigenvalue weighted by Gasteiger charge is -2.21. The molecule has 0 bridgehead atoms. The van der Waals surface area contributed by atoms with Crippen LogP contribution in [0, 0.1) is 0 Å². The Labute approximate surface area is 126 Å². The highest BCUT2D eigenvalue weighted by molar-refractivity contribution is 5.83. The average Bonchev–Trinajstić information content (AvgIpc) is 3.19. The van der Waals surface area contributed by atoms with Crippen molar-refractivity contribution in [3.05, 3.63) is 47.9 Å². The Morgan fingerprint density at radius 3 is 3.32 bits per heavy atom. The van der Waals surface area contributed by atoms with Crippen LogP contribution >= 0.6 is 0 Å². The van der Waals surface area contributed by atoms with E-state index in [-0.39, 0.29) is 5.91 Å². The SMILES string of the molecule is O=C(NCc1nnc2ccccn12)[C@H]1NCCc2[nH]cnc21. The van der Waals surface area contributed by atoms with Gasteiger partial charge in [0.1, 0.15) is 6.04 Å². The number of amides is 1. The summed E-state index contributed by atoms with van der Waals surface area (Å²) >= 11 is 0. The fraction of sp³-hybridized carbons (Fsp3) is 0.286. The van der Waals surface area contributed by atoms with E-state index in [1.807, 2.05) is 28.8 Å². The first-order chi connectivity index (χ1) is 10.8. The monoisotopic (exact) mass is 297 g/mol. The Morgan fingerprint density at radius 2 is 2.36 bits per heavy atom. The molecule has 3 aromatic rings. The molecular weight excluding hydrogens is 282 g/mol. The summed E-state index contributed by atoms with van der Waals surface area (Å²) < 4.78 is 1.86. The third-order valence-electron chi connectivity index (χ3n) is 3.82. The molecule has 0 spiro atoms. The molecule has 1 atom stereocenters. The van der Waals surface area contributed by atoms with E-state index in [2.05, 4.69) is 30.8 Å². The standard InChI is InChI=1S/C14H15N7O/c22-14(13-12-9(4-5-15-13)17-8-18-12)16-7-11-20-19-10-3-1-2-6-21(10)11/h1-3,6,8,13,15H,4-5,7H2,(H,16,22)(H,17,18)/t13-/m0/s1. The maximum atomic E-state index is 12.4. The third-order valence-corrected chi connectivity index (χ3v) is 3.82. The van der Waals surface area contributed by atoms with Gasteiger partial charge in [-0.15, -0.1) is 10.2 Å². The molecule has 0 aliphatic carbocycles. The van der Waals surface area contributed by atoms with Crippen LogP contribution in [0.4, 0.5) is 0 Å². The van der Waals surface area contributed by atoms with Crippen molar-refractivity contribution in [1.82, 2.24) is 35.2 Å². The Kier molecular flexibility index (Phi) is 3.08. The first-order valence-electron chi connectivity index (χ1n) is 7.15. The molecular formula is C14H15N7O. The molecule has 3 aromatic heterocycles. The van der Waals surface area contributed by atoms with Gasteiger partial charge in [0, 0.05) is 24.9 Å². The number of fused-ring (bicyclic) bond motifs is 2. The summed E-state index contributed by atoms with van der Waals surface area (Å²) in [7, 11) is 0. The molecule has 0 fully saturated rings. The van der Waals surface area contributed by atoms with Crippen LogP contribution in [0.15, 0.2) is 30.7 Å². The molecule has 0 radical (unpaired) electrons. The average molecular weight is 297 g/mol. The van der Waals surface area contributed by atoms with E-state index in [1.165, 1.54) is 0 Å². The number of carbonyl (C=O) groups excluding carboxylic acids is 1. The highest BCUT2D eigenvalue weighted by Gasteiger charge is 2.28. The lowest BCUT2D eigenvalue weighted by atomic mass is 10.1. The van der Waals surface area contributed by atoms with Crippen LogP contribution < -0.4 is 10.6 Å². The second kappa shape index (κ2) is 5.23. The molecule has 3 N–H and O–H groups in total. The van der Waals surface area contributed by atoms with Crippen molar-refractivity contribution in [3.8, 4) is 0 Å². The second-order valence-electron chi connectivity index (χ2n) is 5.17. The van der Waals surface area contributed by atoms with Crippen molar-refractivity contribution in [2.75, 3.05) is 6.54 Å².